The first kappa shape index (κ1) is 23.2. The van der Waals surface area contributed by atoms with Crippen LogP contribution in [-0.2, 0) is 6.61 Å². The Morgan fingerprint density at radius 3 is 1.82 bits per heavy atom. The normalized spacial score (nSPS) is 10.7. The van der Waals surface area contributed by atoms with Crippen molar-refractivity contribution in [3.05, 3.63) is 102 Å². The summed E-state index contributed by atoms with van der Waals surface area (Å²) in [6.45, 7) is 2.14. The maximum Gasteiger partial charge on any atom is 0.167 e. The predicted molar refractivity (Wildman–Crippen MR) is 126 cm³/mol. The molecule has 0 aliphatic heterocycles. The first-order chi connectivity index (χ1) is 16.5. The van der Waals surface area contributed by atoms with E-state index in [1.54, 1.807) is 60.7 Å². The Kier molecular flexibility index (Phi) is 7.07. The largest absolute Gasteiger partial charge is 0.497 e. The maximum absolute atomic E-state index is 14.7. The Balaban J connectivity index is 1.46. The molecule has 4 aromatic carbocycles. The lowest BCUT2D eigenvalue weighted by Crippen LogP contribution is -2.02. The van der Waals surface area contributed by atoms with Crippen LogP contribution in [0, 0.1) is 17.5 Å². The number of hydrogen-bond donors (Lipinski definition) is 0. The monoisotopic (exact) mass is 464 g/mol. The fraction of sp³-hybridized carbons (Fsp3) is 0.143. The minimum Gasteiger partial charge on any atom is -0.497 e. The molecule has 6 heteroatoms. The third kappa shape index (κ3) is 5.01. The van der Waals surface area contributed by atoms with Gasteiger partial charge >= 0.3 is 0 Å². The van der Waals surface area contributed by atoms with Gasteiger partial charge < -0.3 is 14.2 Å². The van der Waals surface area contributed by atoms with Crippen molar-refractivity contribution < 1.29 is 27.4 Å². The first-order valence-corrected chi connectivity index (χ1v) is 10.8. The molecule has 0 saturated carbocycles. The third-order valence-corrected chi connectivity index (χ3v) is 5.37. The zero-order valence-electron chi connectivity index (χ0n) is 18.8. The number of methoxy groups -OCH3 is 1. The van der Waals surface area contributed by atoms with Gasteiger partial charge in [-0.3, -0.25) is 0 Å². The molecule has 0 N–H and O–H groups in total. The van der Waals surface area contributed by atoms with Gasteiger partial charge in [-0.25, -0.2) is 13.2 Å². The van der Waals surface area contributed by atoms with Crippen LogP contribution < -0.4 is 14.2 Å². The summed E-state index contributed by atoms with van der Waals surface area (Å²) in [5.41, 5.74) is 1.88. The van der Waals surface area contributed by atoms with Crippen molar-refractivity contribution in [3.8, 4) is 39.5 Å². The van der Waals surface area contributed by atoms with Crippen LogP contribution in [0.25, 0.3) is 22.3 Å². The number of rotatable bonds is 8. The maximum atomic E-state index is 14.7. The smallest absolute Gasteiger partial charge is 0.167 e. The highest BCUT2D eigenvalue weighted by molar-refractivity contribution is 5.66. The lowest BCUT2D eigenvalue weighted by molar-refractivity contribution is 0.297. The van der Waals surface area contributed by atoms with Crippen LogP contribution in [0.15, 0.2) is 78.9 Å². The van der Waals surface area contributed by atoms with Gasteiger partial charge in [0.05, 0.1) is 13.7 Å². The van der Waals surface area contributed by atoms with Crippen molar-refractivity contribution in [1.82, 2.24) is 0 Å². The number of benzene rings is 4. The second kappa shape index (κ2) is 10.3. The molecule has 0 saturated heterocycles. The van der Waals surface area contributed by atoms with Crippen LogP contribution in [0.1, 0.15) is 12.5 Å². The summed E-state index contributed by atoms with van der Waals surface area (Å²) < 4.78 is 59.8. The highest BCUT2D eigenvalue weighted by Gasteiger charge is 2.15. The van der Waals surface area contributed by atoms with Crippen LogP contribution in [-0.4, -0.2) is 13.7 Å². The molecular formula is C28H23F3O3. The summed E-state index contributed by atoms with van der Waals surface area (Å²) in [5.74, 6) is -0.737. The second-order valence-corrected chi connectivity index (χ2v) is 7.52. The van der Waals surface area contributed by atoms with Crippen molar-refractivity contribution in [2.24, 2.45) is 0 Å². The molecule has 174 valence electrons. The molecule has 0 aliphatic carbocycles. The quantitative estimate of drug-likeness (QED) is 0.272. The van der Waals surface area contributed by atoms with Crippen LogP contribution in [0.5, 0.6) is 17.2 Å². The van der Waals surface area contributed by atoms with Crippen molar-refractivity contribution in [2.75, 3.05) is 13.7 Å². The van der Waals surface area contributed by atoms with Gasteiger partial charge in [-0.05, 0) is 54.4 Å². The Morgan fingerprint density at radius 1 is 0.618 bits per heavy atom. The Labute approximate surface area is 196 Å². The molecule has 0 spiro atoms. The number of halogens is 3. The van der Waals surface area contributed by atoms with Gasteiger partial charge in [0.1, 0.15) is 29.7 Å². The molecule has 0 fully saturated rings. The summed E-state index contributed by atoms with van der Waals surface area (Å²) >= 11 is 0. The van der Waals surface area contributed by atoms with Crippen molar-refractivity contribution in [2.45, 2.75) is 13.5 Å². The highest BCUT2D eigenvalue weighted by Crippen LogP contribution is 2.30. The Hall–Kier alpha value is -3.93. The van der Waals surface area contributed by atoms with Gasteiger partial charge in [0.25, 0.3) is 0 Å². The third-order valence-electron chi connectivity index (χ3n) is 5.37. The molecule has 4 aromatic rings. The SMILES string of the molecule is CCOc1ccc(-c2ccc(OCc3ccc(-c4ccc(OC)cc4)c(F)c3F)cc2)c(F)c1. The van der Waals surface area contributed by atoms with E-state index in [1.807, 2.05) is 6.92 Å². The summed E-state index contributed by atoms with van der Waals surface area (Å²) in [7, 11) is 1.54. The number of ether oxygens (including phenoxy) is 3. The van der Waals surface area contributed by atoms with Crippen LogP contribution in [0.3, 0.4) is 0 Å². The summed E-state index contributed by atoms with van der Waals surface area (Å²) in [6.07, 6.45) is 0. The number of hydrogen-bond acceptors (Lipinski definition) is 3. The standard InChI is InChI=1S/C28H23F3O3/c1-3-33-23-13-15-24(26(29)16-23)18-6-11-22(12-7-18)34-17-20-8-14-25(28(31)27(20)30)19-4-9-21(32-2)10-5-19/h4-16H,3,17H2,1-2H3. The molecule has 3 nitrogen and oxygen atoms in total. The van der Waals surface area contributed by atoms with Crippen LogP contribution in [0.4, 0.5) is 13.2 Å². The van der Waals surface area contributed by atoms with Gasteiger partial charge in [0.15, 0.2) is 11.6 Å². The average Bonchev–Trinajstić information content (AvgIpc) is 2.86. The fourth-order valence-corrected chi connectivity index (χ4v) is 3.57. The van der Waals surface area contributed by atoms with Crippen molar-refractivity contribution in [1.29, 1.82) is 0 Å². The molecule has 0 bridgehead atoms. The van der Waals surface area contributed by atoms with Gasteiger partial charge in [-0.15, -0.1) is 0 Å². The van der Waals surface area contributed by atoms with Gasteiger partial charge in [-0.2, -0.15) is 0 Å². The molecule has 0 amide bonds. The van der Waals surface area contributed by atoms with Crippen molar-refractivity contribution >= 4 is 0 Å². The van der Waals surface area contributed by atoms with E-state index in [1.165, 1.54) is 25.3 Å². The molecule has 0 aliphatic rings. The van der Waals surface area contributed by atoms with E-state index in [9.17, 15) is 13.2 Å². The molecule has 0 unspecified atom stereocenters. The zero-order valence-corrected chi connectivity index (χ0v) is 18.8. The van der Waals surface area contributed by atoms with Gasteiger partial charge in [0, 0.05) is 22.8 Å². The van der Waals surface area contributed by atoms with E-state index < -0.39 is 17.5 Å². The van der Waals surface area contributed by atoms with E-state index in [0.29, 0.717) is 40.5 Å². The molecule has 4 rings (SSSR count). The summed E-state index contributed by atoms with van der Waals surface area (Å²) in [4.78, 5) is 0. The lowest BCUT2D eigenvalue weighted by atomic mass is 10.0. The summed E-state index contributed by atoms with van der Waals surface area (Å²) in [5, 5.41) is 0. The van der Waals surface area contributed by atoms with Gasteiger partial charge in [-0.1, -0.05) is 36.4 Å². The van der Waals surface area contributed by atoms with Gasteiger partial charge in [0.2, 0.25) is 0 Å². The predicted octanol–water partition coefficient (Wildman–Crippen LogP) is 7.42. The van der Waals surface area contributed by atoms with E-state index in [0.717, 1.165) is 0 Å². The van der Waals surface area contributed by atoms with Crippen LogP contribution in [0.2, 0.25) is 0 Å². The molecule has 0 aromatic heterocycles. The zero-order chi connectivity index (χ0) is 24.1. The van der Waals surface area contributed by atoms with E-state index >= 15 is 0 Å². The van der Waals surface area contributed by atoms with E-state index in [2.05, 4.69) is 0 Å². The second-order valence-electron chi connectivity index (χ2n) is 7.52. The molecule has 34 heavy (non-hydrogen) atoms. The topological polar surface area (TPSA) is 27.7 Å². The minimum absolute atomic E-state index is 0.0939. The lowest BCUT2D eigenvalue weighted by Gasteiger charge is -2.12. The highest BCUT2D eigenvalue weighted by atomic mass is 19.2. The van der Waals surface area contributed by atoms with E-state index in [4.69, 9.17) is 14.2 Å². The minimum atomic E-state index is -0.957. The molecule has 0 atom stereocenters. The Bertz CT molecular complexity index is 1270. The fourth-order valence-electron chi connectivity index (χ4n) is 3.57. The Morgan fingerprint density at radius 2 is 1.21 bits per heavy atom. The molecular weight excluding hydrogens is 441 g/mol. The molecule has 0 heterocycles. The average molecular weight is 464 g/mol. The summed E-state index contributed by atoms with van der Waals surface area (Å²) in [6, 6.07) is 21.2. The van der Waals surface area contributed by atoms with Crippen molar-refractivity contribution in [3.63, 3.8) is 0 Å². The van der Waals surface area contributed by atoms with E-state index in [-0.39, 0.29) is 17.7 Å². The van der Waals surface area contributed by atoms with Crippen LogP contribution >= 0.6 is 0 Å². The first-order valence-electron chi connectivity index (χ1n) is 10.8. The molecule has 0 radical (unpaired) electrons.